The Kier molecular flexibility index (Phi) is 4.20. The number of pyridine rings is 1. The highest BCUT2D eigenvalue weighted by Gasteiger charge is 2.20. The number of hydrogen-bond acceptors (Lipinski definition) is 3. The molecule has 110 valence electrons. The highest BCUT2D eigenvalue weighted by molar-refractivity contribution is 5.41. The van der Waals surface area contributed by atoms with Crippen LogP contribution in [0.3, 0.4) is 0 Å². The molecule has 0 saturated carbocycles. The van der Waals surface area contributed by atoms with Crippen LogP contribution in [0.15, 0.2) is 42.6 Å². The molecule has 21 heavy (non-hydrogen) atoms. The van der Waals surface area contributed by atoms with Crippen LogP contribution in [0.5, 0.6) is 5.75 Å². The summed E-state index contributed by atoms with van der Waals surface area (Å²) in [5.41, 5.74) is 3.75. The van der Waals surface area contributed by atoms with Crippen LogP contribution in [0.1, 0.15) is 43.1 Å². The van der Waals surface area contributed by atoms with Gasteiger partial charge in [0.1, 0.15) is 11.9 Å². The largest absolute Gasteiger partial charge is 0.490 e. The average molecular weight is 282 g/mol. The SMILES string of the molecule is CC[C@H](NCc1ccccn1)c1ccc2c(c1)C[C@@H](C)O2. The van der Waals surface area contributed by atoms with Crippen LogP contribution in [0.4, 0.5) is 0 Å². The number of rotatable bonds is 5. The Morgan fingerprint density at radius 2 is 2.24 bits per heavy atom. The lowest BCUT2D eigenvalue weighted by Gasteiger charge is -2.18. The highest BCUT2D eigenvalue weighted by atomic mass is 16.5. The topological polar surface area (TPSA) is 34.2 Å². The Morgan fingerprint density at radius 3 is 3.00 bits per heavy atom. The fraction of sp³-hybridized carbons (Fsp3) is 0.389. The molecule has 1 aromatic carbocycles. The number of ether oxygens (including phenoxy) is 1. The van der Waals surface area contributed by atoms with Crippen molar-refractivity contribution in [2.24, 2.45) is 0 Å². The van der Waals surface area contributed by atoms with Crippen molar-refractivity contribution in [1.29, 1.82) is 0 Å². The van der Waals surface area contributed by atoms with E-state index in [4.69, 9.17) is 4.74 Å². The first-order valence-electron chi connectivity index (χ1n) is 7.69. The quantitative estimate of drug-likeness (QED) is 0.909. The first-order valence-corrected chi connectivity index (χ1v) is 7.69. The second kappa shape index (κ2) is 6.27. The molecule has 1 aliphatic heterocycles. The van der Waals surface area contributed by atoms with E-state index >= 15 is 0 Å². The van der Waals surface area contributed by atoms with E-state index in [2.05, 4.69) is 48.4 Å². The Morgan fingerprint density at radius 1 is 1.33 bits per heavy atom. The molecule has 1 aliphatic rings. The normalized spacial score (nSPS) is 18.1. The van der Waals surface area contributed by atoms with Gasteiger partial charge in [-0.15, -0.1) is 0 Å². The Bertz CT molecular complexity index is 597. The van der Waals surface area contributed by atoms with Gasteiger partial charge < -0.3 is 10.1 Å². The van der Waals surface area contributed by atoms with Gasteiger partial charge in [-0.2, -0.15) is 0 Å². The molecule has 0 bridgehead atoms. The summed E-state index contributed by atoms with van der Waals surface area (Å²) in [5.74, 6) is 1.05. The molecule has 2 aromatic rings. The fourth-order valence-corrected chi connectivity index (χ4v) is 2.89. The lowest BCUT2D eigenvalue weighted by molar-refractivity contribution is 0.254. The van der Waals surface area contributed by atoms with E-state index in [-0.39, 0.29) is 0 Å². The van der Waals surface area contributed by atoms with Gasteiger partial charge in [0.25, 0.3) is 0 Å². The maximum Gasteiger partial charge on any atom is 0.123 e. The summed E-state index contributed by atoms with van der Waals surface area (Å²) < 4.78 is 5.77. The first-order chi connectivity index (χ1) is 10.3. The van der Waals surface area contributed by atoms with Gasteiger partial charge in [-0.3, -0.25) is 4.98 Å². The third kappa shape index (κ3) is 3.24. The van der Waals surface area contributed by atoms with Crippen LogP contribution in [-0.2, 0) is 13.0 Å². The number of benzene rings is 1. The molecule has 1 aromatic heterocycles. The van der Waals surface area contributed by atoms with Crippen LogP contribution in [0.25, 0.3) is 0 Å². The second-order valence-corrected chi connectivity index (χ2v) is 5.66. The molecular formula is C18H22N2O. The van der Waals surface area contributed by atoms with Crippen molar-refractivity contribution >= 4 is 0 Å². The molecule has 2 heterocycles. The summed E-state index contributed by atoms with van der Waals surface area (Å²) in [6, 6.07) is 13.0. The molecule has 3 nitrogen and oxygen atoms in total. The predicted octanol–water partition coefficient (Wildman–Crippen LogP) is 3.65. The van der Waals surface area contributed by atoms with E-state index < -0.39 is 0 Å². The number of nitrogens with zero attached hydrogens (tertiary/aromatic N) is 1. The number of fused-ring (bicyclic) bond motifs is 1. The fourth-order valence-electron chi connectivity index (χ4n) is 2.89. The molecule has 0 fully saturated rings. The lowest BCUT2D eigenvalue weighted by atomic mass is 10.00. The standard InChI is InChI=1S/C18H22N2O/c1-3-17(20-12-16-6-4-5-9-19-16)14-7-8-18-15(11-14)10-13(2)21-18/h4-9,11,13,17,20H,3,10,12H2,1-2H3/t13-,17+/m1/s1. The summed E-state index contributed by atoms with van der Waals surface area (Å²) in [6.07, 6.45) is 4.21. The molecule has 0 aliphatic carbocycles. The van der Waals surface area contributed by atoms with Crippen LogP contribution < -0.4 is 10.1 Å². The summed E-state index contributed by atoms with van der Waals surface area (Å²) in [6.45, 7) is 5.13. The van der Waals surface area contributed by atoms with E-state index in [0.29, 0.717) is 12.1 Å². The third-order valence-corrected chi connectivity index (χ3v) is 3.99. The molecule has 3 heteroatoms. The minimum Gasteiger partial charge on any atom is -0.490 e. The first kappa shape index (κ1) is 14.1. The van der Waals surface area contributed by atoms with Crippen molar-refractivity contribution in [2.45, 2.75) is 45.4 Å². The molecule has 0 spiro atoms. The van der Waals surface area contributed by atoms with E-state index in [0.717, 1.165) is 30.8 Å². The monoisotopic (exact) mass is 282 g/mol. The van der Waals surface area contributed by atoms with E-state index in [9.17, 15) is 0 Å². The van der Waals surface area contributed by atoms with Crippen molar-refractivity contribution in [1.82, 2.24) is 10.3 Å². The van der Waals surface area contributed by atoms with Crippen molar-refractivity contribution < 1.29 is 4.74 Å². The van der Waals surface area contributed by atoms with Crippen molar-refractivity contribution in [3.63, 3.8) is 0 Å². The maximum atomic E-state index is 5.77. The lowest BCUT2D eigenvalue weighted by Crippen LogP contribution is -2.20. The molecular weight excluding hydrogens is 260 g/mol. The number of nitrogens with one attached hydrogen (secondary N) is 1. The molecule has 0 unspecified atom stereocenters. The minimum absolute atomic E-state index is 0.303. The molecule has 2 atom stereocenters. The maximum absolute atomic E-state index is 5.77. The third-order valence-electron chi connectivity index (χ3n) is 3.99. The summed E-state index contributed by atoms with van der Waals surface area (Å²) >= 11 is 0. The molecule has 0 radical (unpaired) electrons. The van der Waals surface area contributed by atoms with Gasteiger partial charge >= 0.3 is 0 Å². The molecule has 0 amide bonds. The molecule has 1 N–H and O–H groups in total. The smallest absolute Gasteiger partial charge is 0.123 e. The Balaban J connectivity index is 1.70. The van der Waals surface area contributed by atoms with Gasteiger partial charge in [-0.25, -0.2) is 0 Å². The van der Waals surface area contributed by atoms with Crippen molar-refractivity contribution in [2.75, 3.05) is 0 Å². The van der Waals surface area contributed by atoms with E-state index in [1.807, 2.05) is 18.3 Å². The van der Waals surface area contributed by atoms with Gasteiger partial charge in [0, 0.05) is 25.2 Å². The summed E-state index contributed by atoms with van der Waals surface area (Å²) in [4.78, 5) is 4.36. The Hall–Kier alpha value is -1.87. The summed E-state index contributed by atoms with van der Waals surface area (Å²) in [7, 11) is 0. The minimum atomic E-state index is 0.303. The van der Waals surface area contributed by atoms with E-state index in [1.165, 1.54) is 11.1 Å². The zero-order valence-electron chi connectivity index (χ0n) is 12.7. The van der Waals surface area contributed by atoms with Crippen LogP contribution in [-0.4, -0.2) is 11.1 Å². The zero-order chi connectivity index (χ0) is 14.7. The van der Waals surface area contributed by atoms with Gasteiger partial charge in [0.05, 0.1) is 5.69 Å². The van der Waals surface area contributed by atoms with Gasteiger partial charge in [-0.05, 0) is 42.7 Å². The summed E-state index contributed by atoms with van der Waals surface area (Å²) in [5, 5.41) is 3.60. The highest BCUT2D eigenvalue weighted by Crippen LogP contribution is 2.31. The average Bonchev–Trinajstić information content (AvgIpc) is 2.88. The van der Waals surface area contributed by atoms with Crippen LogP contribution >= 0.6 is 0 Å². The second-order valence-electron chi connectivity index (χ2n) is 5.66. The molecule has 3 rings (SSSR count). The van der Waals surface area contributed by atoms with Crippen LogP contribution in [0, 0.1) is 0 Å². The van der Waals surface area contributed by atoms with Gasteiger partial charge in [0.15, 0.2) is 0 Å². The van der Waals surface area contributed by atoms with Gasteiger partial charge in [0.2, 0.25) is 0 Å². The number of aromatic nitrogens is 1. The van der Waals surface area contributed by atoms with Crippen molar-refractivity contribution in [3.05, 3.63) is 59.4 Å². The zero-order valence-corrected chi connectivity index (χ0v) is 12.7. The van der Waals surface area contributed by atoms with Gasteiger partial charge in [-0.1, -0.05) is 25.1 Å². The van der Waals surface area contributed by atoms with Crippen molar-refractivity contribution in [3.8, 4) is 5.75 Å². The predicted molar refractivity (Wildman–Crippen MR) is 84.3 cm³/mol. The van der Waals surface area contributed by atoms with E-state index in [1.54, 1.807) is 0 Å². The Labute approximate surface area is 126 Å². The molecule has 0 saturated heterocycles. The van der Waals surface area contributed by atoms with Crippen LogP contribution in [0.2, 0.25) is 0 Å². The number of hydrogen-bond donors (Lipinski definition) is 1.